The van der Waals surface area contributed by atoms with E-state index in [-0.39, 0.29) is 12.2 Å². The summed E-state index contributed by atoms with van der Waals surface area (Å²) in [5.41, 5.74) is 1.26. The van der Waals surface area contributed by atoms with Crippen molar-refractivity contribution in [2.75, 3.05) is 22.5 Å². The molecule has 0 heterocycles. The predicted octanol–water partition coefficient (Wildman–Crippen LogP) is 3.47. The van der Waals surface area contributed by atoms with Crippen LogP contribution in [0.4, 0.5) is 11.4 Å². The summed E-state index contributed by atoms with van der Waals surface area (Å²) >= 11 is 0. The maximum absolute atomic E-state index is 12.9. The summed E-state index contributed by atoms with van der Waals surface area (Å²) in [4.78, 5) is 24.5. The van der Waals surface area contributed by atoms with Crippen LogP contribution in [-0.4, -0.2) is 39.0 Å². The summed E-state index contributed by atoms with van der Waals surface area (Å²) in [6.45, 7) is 5.53. The second-order valence-electron chi connectivity index (χ2n) is 6.54. The summed E-state index contributed by atoms with van der Waals surface area (Å²) in [5, 5.41) is 2.72. The zero-order chi connectivity index (χ0) is 21.6. The van der Waals surface area contributed by atoms with Gasteiger partial charge in [0, 0.05) is 11.3 Å². The highest BCUT2D eigenvalue weighted by molar-refractivity contribution is 7.92. The first-order valence-corrected chi connectivity index (χ1v) is 11.2. The zero-order valence-corrected chi connectivity index (χ0v) is 17.8. The van der Waals surface area contributed by atoms with Crippen molar-refractivity contribution < 1.29 is 22.7 Å². The van der Waals surface area contributed by atoms with E-state index in [1.807, 2.05) is 6.92 Å². The van der Waals surface area contributed by atoms with Gasteiger partial charge in [-0.15, -0.1) is 0 Å². The number of carbonyl (C=O) groups excluding carboxylic acids is 2. The molecule has 1 atom stereocenters. The summed E-state index contributed by atoms with van der Waals surface area (Å²) in [6.07, 6.45) is 1.33. The van der Waals surface area contributed by atoms with Gasteiger partial charge in [-0.25, -0.2) is 8.42 Å². The van der Waals surface area contributed by atoms with Crippen LogP contribution in [-0.2, 0) is 14.8 Å². The number of Topliss-reactive ketones (excluding diaryl/α,β-unsaturated/α-hetero) is 1. The van der Waals surface area contributed by atoms with Gasteiger partial charge in [0.2, 0.25) is 15.9 Å². The van der Waals surface area contributed by atoms with Crippen LogP contribution in [0.3, 0.4) is 0 Å². The van der Waals surface area contributed by atoms with Gasteiger partial charge < -0.3 is 10.1 Å². The molecular weight excluding hydrogens is 392 g/mol. The molecular formula is C21H26N2O5S. The topological polar surface area (TPSA) is 92.8 Å². The molecule has 0 saturated heterocycles. The van der Waals surface area contributed by atoms with Crippen molar-refractivity contribution in [3.8, 4) is 5.75 Å². The van der Waals surface area contributed by atoms with Crippen LogP contribution >= 0.6 is 0 Å². The smallest absolute Gasteiger partial charge is 0.248 e. The molecule has 0 unspecified atom stereocenters. The Morgan fingerprint density at radius 3 is 2.28 bits per heavy atom. The average molecular weight is 419 g/mol. The van der Waals surface area contributed by atoms with Gasteiger partial charge in [0.25, 0.3) is 0 Å². The first-order chi connectivity index (χ1) is 13.7. The largest absolute Gasteiger partial charge is 0.494 e. The van der Waals surface area contributed by atoms with E-state index in [4.69, 9.17) is 4.74 Å². The van der Waals surface area contributed by atoms with Gasteiger partial charge in [-0.05, 0) is 56.7 Å². The minimum Gasteiger partial charge on any atom is -0.494 e. The lowest BCUT2D eigenvalue weighted by atomic mass is 10.1. The highest BCUT2D eigenvalue weighted by Crippen LogP contribution is 2.26. The molecule has 0 bridgehead atoms. The highest BCUT2D eigenvalue weighted by Gasteiger charge is 2.31. The lowest BCUT2D eigenvalue weighted by molar-refractivity contribution is -0.117. The molecule has 2 rings (SSSR count). The van der Waals surface area contributed by atoms with E-state index in [9.17, 15) is 18.0 Å². The second kappa shape index (κ2) is 9.56. The highest BCUT2D eigenvalue weighted by atomic mass is 32.2. The number of nitrogens with zero attached hydrogens (tertiary/aromatic N) is 1. The van der Waals surface area contributed by atoms with Crippen molar-refractivity contribution >= 4 is 33.1 Å². The van der Waals surface area contributed by atoms with Crippen molar-refractivity contribution in [2.45, 2.75) is 33.2 Å². The maximum atomic E-state index is 12.9. The molecule has 0 spiro atoms. The third-order valence-corrected chi connectivity index (χ3v) is 5.45. The molecule has 0 aliphatic rings. The molecule has 2 aromatic carbocycles. The van der Waals surface area contributed by atoms with E-state index in [2.05, 4.69) is 5.32 Å². The molecule has 8 heteroatoms. The Bertz CT molecular complexity index is 971. The van der Waals surface area contributed by atoms with Gasteiger partial charge >= 0.3 is 0 Å². The van der Waals surface area contributed by atoms with E-state index < -0.39 is 22.0 Å². The average Bonchev–Trinajstić information content (AvgIpc) is 2.66. The fraction of sp³-hybridized carbons (Fsp3) is 0.333. The molecule has 0 radical (unpaired) electrons. The quantitative estimate of drug-likeness (QED) is 0.630. The van der Waals surface area contributed by atoms with E-state index in [1.54, 1.807) is 55.5 Å². The number of anilines is 2. The third-order valence-electron chi connectivity index (χ3n) is 4.27. The number of benzene rings is 2. The molecule has 1 amide bonds. The Morgan fingerprint density at radius 2 is 1.76 bits per heavy atom. The summed E-state index contributed by atoms with van der Waals surface area (Å²) in [5.74, 6) is 0.0102. The van der Waals surface area contributed by atoms with E-state index in [1.165, 1.54) is 6.92 Å². The first-order valence-electron chi connectivity index (χ1n) is 9.31. The van der Waals surface area contributed by atoms with Crippen LogP contribution in [0, 0.1) is 0 Å². The van der Waals surface area contributed by atoms with Crippen LogP contribution in [0.1, 0.15) is 37.6 Å². The zero-order valence-electron chi connectivity index (χ0n) is 17.0. The van der Waals surface area contributed by atoms with Crippen LogP contribution in [0.5, 0.6) is 5.75 Å². The van der Waals surface area contributed by atoms with Gasteiger partial charge in [0.15, 0.2) is 5.78 Å². The van der Waals surface area contributed by atoms with Crippen LogP contribution in [0.2, 0.25) is 0 Å². The normalized spacial score (nSPS) is 12.1. The lowest BCUT2D eigenvalue weighted by Gasteiger charge is -2.30. The maximum Gasteiger partial charge on any atom is 0.248 e. The minimum atomic E-state index is -3.74. The SMILES string of the molecule is CCOc1ccc(N([C@@H](CC)C(=O)Nc2cccc(C(C)=O)c2)S(C)(=O)=O)cc1. The van der Waals surface area contributed by atoms with Crippen molar-refractivity contribution in [3.63, 3.8) is 0 Å². The molecule has 0 aliphatic heterocycles. The predicted molar refractivity (Wildman–Crippen MR) is 114 cm³/mol. The van der Waals surface area contributed by atoms with Crippen molar-refractivity contribution in [1.82, 2.24) is 0 Å². The lowest BCUT2D eigenvalue weighted by Crippen LogP contribution is -2.47. The number of ether oxygens (including phenoxy) is 1. The molecule has 0 saturated carbocycles. The Morgan fingerprint density at radius 1 is 1.10 bits per heavy atom. The number of hydrogen-bond acceptors (Lipinski definition) is 5. The van der Waals surface area contributed by atoms with E-state index in [0.717, 1.165) is 10.6 Å². The first kappa shape index (κ1) is 22.4. The Hall–Kier alpha value is -2.87. The minimum absolute atomic E-state index is 0.125. The van der Waals surface area contributed by atoms with E-state index in [0.29, 0.717) is 29.3 Å². The molecule has 7 nitrogen and oxygen atoms in total. The molecule has 0 aromatic heterocycles. The van der Waals surface area contributed by atoms with Gasteiger partial charge in [-0.1, -0.05) is 19.1 Å². The second-order valence-corrected chi connectivity index (χ2v) is 8.40. The van der Waals surface area contributed by atoms with Crippen molar-refractivity contribution in [1.29, 1.82) is 0 Å². The number of ketones is 1. The van der Waals surface area contributed by atoms with Crippen LogP contribution in [0.25, 0.3) is 0 Å². The Kier molecular flexibility index (Phi) is 7.39. The fourth-order valence-corrected chi connectivity index (χ4v) is 4.17. The number of amides is 1. The van der Waals surface area contributed by atoms with Gasteiger partial charge in [-0.3, -0.25) is 13.9 Å². The summed E-state index contributed by atoms with van der Waals surface area (Å²) in [7, 11) is -3.74. The number of nitrogens with one attached hydrogen (secondary N) is 1. The Balaban J connectivity index is 2.34. The molecule has 1 N–H and O–H groups in total. The number of sulfonamides is 1. The molecule has 29 heavy (non-hydrogen) atoms. The standard InChI is InChI=1S/C21H26N2O5S/c1-5-20(21(25)22-17-9-7-8-16(14-17)15(3)24)23(29(4,26)27)18-10-12-19(13-11-18)28-6-2/h7-14,20H,5-6H2,1-4H3,(H,22,25)/t20-/m0/s1. The molecule has 2 aromatic rings. The third kappa shape index (κ3) is 5.80. The Labute approximate surface area is 171 Å². The van der Waals surface area contributed by atoms with Gasteiger partial charge in [0.1, 0.15) is 11.8 Å². The summed E-state index contributed by atoms with van der Waals surface area (Å²) in [6, 6.07) is 12.1. The number of hydrogen-bond donors (Lipinski definition) is 1. The molecule has 156 valence electrons. The monoisotopic (exact) mass is 418 g/mol. The summed E-state index contributed by atoms with van der Waals surface area (Å²) < 4.78 is 31.5. The molecule has 0 fully saturated rings. The molecule has 0 aliphatic carbocycles. The van der Waals surface area contributed by atoms with Crippen molar-refractivity contribution in [2.24, 2.45) is 0 Å². The van der Waals surface area contributed by atoms with Gasteiger partial charge in [-0.2, -0.15) is 0 Å². The number of carbonyl (C=O) groups is 2. The van der Waals surface area contributed by atoms with Crippen LogP contribution < -0.4 is 14.4 Å². The van der Waals surface area contributed by atoms with Crippen LogP contribution in [0.15, 0.2) is 48.5 Å². The van der Waals surface area contributed by atoms with Gasteiger partial charge in [0.05, 0.1) is 18.6 Å². The number of rotatable bonds is 9. The van der Waals surface area contributed by atoms with Crippen molar-refractivity contribution in [3.05, 3.63) is 54.1 Å². The fourth-order valence-electron chi connectivity index (χ4n) is 2.96. The van der Waals surface area contributed by atoms with E-state index >= 15 is 0 Å².